The number of likely N-dealkylation sites (N-methyl/N-ethyl adjacent to an activating group) is 1. The summed E-state index contributed by atoms with van der Waals surface area (Å²) < 4.78 is 15.3. The van der Waals surface area contributed by atoms with E-state index in [1.165, 1.54) is 24.4 Å². The topological polar surface area (TPSA) is 50.7 Å². The molecule has 4 rings (SSSR count). The van der Waals surface area contributed by atoms with Crippen LogP contribution in [0.1, 0.15) is 31.0 Å². The minimum absolute atomic E-state index is 0.442. The predicted molar refractivity (Wildman–Crippen MR) is 100 cm³/mol. The van der Waals surface area contributed by atoms with E-state index >= 15 is 0 Å². The van der Waals surface area contributed by atoms with Gasteiger partial charge in [-0.05, 0) is 19.3 Å². The third-order valence-corrected chi connectivity index (χ3v) is 5.91. The van der Waals surface area contributed by atoms with Crippen LogP contribution in [-0.4, -0.2) is 49.8 Å². The first-order valence-electron chi connectivity index (χ1n) is 8.72. The Labute approximate surface area is 152 Å². The van der Waals surface area contributed by atoms with Gasteiger partial charge in [0.15, 0.2) is 0 Å². The fourth-order valence-electron chi connectivity index (χ4n) is 3.30. The van der Waals surface area contributed by atoms with Crippen LogP contribution in [0.3, 0.4) is 0 Å². The number of hydrogen-bond donors (Lipinski definition) is 0. The molecule has 6 nitrogen and oxygen atoms in total. The van der Waals surface area contributed by atoms with E-state index in [9.17, 15) is 0 Å². The van der Waals surface area contributed by atoms with E-state index in [4.69, 9.17) is 14.5 Å². The van der Waals surface area contributed by atoms with Gasteiger partial charge in [-0.25, -0.2) is 4.98 Å². The highest BCUT2D eigenvalue weighted by molar-refractivity contribution is 7.09. The molecule has 2 aromatic rings. The van der Waals surface area contributed by atoms with Gasteiger partial charge in [0.1, 0.15) is 17.3 Å². The average molecular weight is 360 g/mol. The largest absolute Gasteiger partial charge is 0.497 e. The summed E-state index contributed by atoms with van der Waals surface area (Å²) in [5.41, 5.74) is 1.14. The van der Waals surface area contributed by atoms with Crippen LogP contribution >= 0.6 is 11.5 Å². The molecule has 1 unspecified atom stereocenters. The van der Waals surface area contributed by atoms with E-state index in [-0.39, 0.29) is 0 Å². The highest BCUT2D eigenvalue weighted by Crippen LogP contribution is 2.40. The van der Waals surface area contributed by atoms with Gasteiger partial charge in [0.25, 0.3) is 0 Å². The molecule has 2 aliphatic rings. The quantitative estimate of drug-likeness (QED) is 0.789. The summed E-state index contributed by atoms with van der Waals surface area (Å²) in [4.78, 5) is 9.42. The zero-order chi connectivity index (χ0) is 17.4. The molecule has 2 heterocycles. The number of anilines is 2. The Balaban J connectivity index is 1.46. The van der Waals surface area contributed by atoms with Gasteiger partial charge in [0, 0.05) is 61.5 Å². The van der Waals surface area contributed by atoms with Crippen LogP contribution in [0, 0.1) is 0 Å². The first-order valence-corrected chi connectivity index (χ1v) is 9.49. The van der Waals surface area contributed by atoms with Crippen molar-refractivity contribution >= 4 is 22.4 Å². The number of ether oxygens (including phenoxy) is 2. The van der Waals surface area contributed by atoms with E-state index in [1.54, 1.807) is 14.2 Å². The Morgan fingerprint density at radius 2 is 1.84 bits per heavy atom. The molecule has 1 saturated carbocycles. The zero-order valence-corrected chi connectivity index (χ0v) is 15.8. The van der Waals surface area contributed by atoms with E-state index in [0.717, 1.165) is 47.7 Å². The summed E-state index contributed by atoms with van der Waals surface area (Å²) in [6, 6.07) is 6.49. The van der Waals surface area contributed by atoms with Crippen molar-refractivity contribution in [1.82, 2.24) is 9.36 Å². The molecule has 0 amide bonds. The van der Waals surface area contributed by atoms with Crippen LogP contribution < -0.4 is 19.3 Å². The van der Waals surface area contributed by atoms with Crippen molar-refractivity contribution < 1.29 is 9.47 Å². The number of aromatic nitrogens is 2. The summed E-state index contributed by atoms with van der Waals surface area (Å²) in [5.74, 6) is 3.30. The maximum atomic E-state index is 5.40. The molecule has 0 radical (unpaired) electrons. The Hall–Kier alpha value is -2.02. The maximum Gasteiger partial charge on any atom is 0.205 e. The lowest BCUT2D eigenvalue weighted by atomic mass is 10.2. The van der Waals surface area contributed by atoms with Gasteiger partial charge in [-0.1, -0.05) is 0 Å². The lowest BCUT2D eigenvalue weighted by Crippen LogP contribution is -2.34. The number of hydrogen-bond acceptors (Lipinski definition) is 7. The molecular weight excluding hydrogens is 336 g/mol. The van der Waals surface area contributed by atoms with Crippen molar-refractivity contribution in [2.45, 2.75) is 31.2 Å². The van der Waals surface area contributed by atoms with Crippen molar-refractivity contribution in [2.24, 2.45) is 0 Å². The average Bonchev–Trinajstić information content (AvgIpc) is 3.18. The monoisotopic (exact) mass is 360 g/mol. The molecule has 0 bridgehead atoms. The van der Waals surface area contributed by atoms with Gasteiger partial charge in [0.2, 0.25) is 5.13 Å². The molecule has 2 fully saturated rings. The first kappa shape index (κ1) is 16.4. The number of methoxy groups -OCH3 is 2. The summed E-state index contributed by atoms with van der Waals surface area (Å²) in [5, 5.41) is 1.04. The maximum absolute atomic E-state index is 5.40. The summed E-state index contributed by atoms with van der Waals surface area (Å²) in [6.07, 6.45) is 3.60. The van der Waals surface area contributed by atoms with Gasteiger partial charge >= 0.3 is 0 Å². The summed E-state index contributed by atoms with van der Waals surface area (Å²) >= 11 is 1.53. The Bertz CT molecular complexity index is 724. The molecule has 1 aliphatic heterocycles. The van der Waals surface area contributed by atoms with Crippen LogP contribution in [0.5, 0.6) is 11.5 Å². The minimum Gasteiger partial charge on any atom is -0.497 e. The smallest absolute Gasteiger partial charge is 0.205 e. The van der Waals surface area contributed by atoms with Crippen LogP contribution in [0.15, 0.2) is 18.2 Å². The Morgan fingerprint density at radius 3 is 2.48 bits per heavy atom. The highest BCUT2D eigenvalue weighted by atomic mass is 32.1. The van der Waals surface area contributed by atoms with Crippen LogP contribution in [0.4, 0.5) is 10.8 Å². The second kappa shape index (κ2) is 6.71. The Morgan fingerprint density at radius 1 is 1.12 bits per heavy atom. The van der Waals surface area contributed by atoms with E-state index in [2.05, 4.69) is 33.4 Å². The second-order valence-corrected chi connectivity index (χ2v) is 7.51. The molecule has 1 aromatic heterocycles. The molecular formula is C18H24N4O2S. The molecule has 1 aromatic carbocycles. The van der Waals surface area contributed by atoms with Crippen LogP contribution in [0.2, 0.25) is 0 Å². The number of benzene rings is 1. The van der Waals surface area contributed by atoms with Crippen molar-refractivity contribution in [2.75, 3.05) is 44.2 Å². The summed E-state index contributed by atoms with van der Waals surface area (Å²) in [7, 11) is 5.51. The second-order valence-electron chi connectivity index (χ2n) is 6.78. The third-order valence-electron chi connectivity index (χ3n) is 5.09. The molecule has 1 atom stereocenters. The van der Waals surface area contributed by atoms with Crippen LogP contribution in [0.25, 0.3) is 0 Å². The van der Waals surface area contributed by atoms with E-state index < -0.39 is 0 Å². The van der Waals surface area contributed by atoms with Crippen LogP contribution in [-0.2, 0) is 0 Å². The molecule has 0 N–H and O–H groups in total. The normalized spacial score (nSPS) is 20.0. The molecule has 0 spiro atoms. The third kappa shape index (κ3) is 3.38. The fraction of sp³-hybridized carbons (Fsp3) is 0.556. The van der Waals surface area contributed by atoms with Gasteiger partial charge < -0.3 is 19.3 Å². The van der Waals surface area contributed by atoms with E-state index in [1.807, 2.05) is 6.07 Å². The van der Waals surface area contributed by atoms with Gasteiger partial charge in [-0.2, -0.15) is 4.37 Å². The standard InChI is InChI=1S/C18H24N4O2S/c1-21(18-19-17(20-25-18)12-4-5-12)13-6-7-22(11-13)14-8-15(23-2)10-16(9-14)24-3/h8-10,12-13H,4-7,11H2,1-3H3. The van der Waals surface area contributed by atoms with Gasteiger partial charge in [0.05, 0.1) is 20.3 Å². The molecule has 25 heavy (non-hydrogen) atoms. The predicted octanol–water partition coefficient (Wildman–Crippen LogP) is 3.15. The van der Waals surface area contributed by atoms with Gasteiger partial charge in [-0.15, -0.1) is 0 Å². The number of rotatable bonds is 6. The van der Waals surface area contributed by atoms with Crippen molar-refractivity contribution in [3.8, 4) is 11.5 Å². The van der Waals surface area contributed by atoms with Crippen molar-refractivity contribution in [3.05, 3.63) is 24.0 Å². The first-order chi connectivity index (χ1) is 12.2. The summed E-state index contributed by atoms with van der Waals surface area (Å²) in [6.45, 7) is 1.98. The molecule has 1 aliphatic carbocycles. The highest BCUT2D eigenvalue weighted by Gasteiger charge is 2.31. The Kier molecular flexibility index (Phi) is 4.41. The van der Waals surface area contributed by atoms with E-state index in [0.29, 0.717) is 12.0 Å². The lowest BCUT2D eigenvalue weighted by molar-refractivity contribution is 0.394. The molecule has 134 valence electrons. The van der Waals surface area contributed by atoms with Crippen molar-refractivity contribution in [1.29, 1.82) is 0 Å². The zero-order valence-electron chi connectivity index (χ0n) is 14.9. The number of nitrogens with zero attached hydrogens (tertiary/aromatic N) is 4. The minimum atomic E-state index is 0.442. The fourth-order valence-corrected chi connectivity index (χ4v) is 4.08. The lowest BCUT2D eigenvalue weighted by Gasteiger charge is -2.25. The molecule has 1 saturated heterocycles. The van der Waals surface area contributed by atoms with Crippen molar-refractivity contribution in [3.63, 3.8) is 0 Å². The van der Waals surface area contributed by atoms with Gasteiger partial charge in [-0.3, -0.25) is 0 Å². The SMILES string of the molecule is COc1cc(OC)cc(N2CCC(N(C)c3nc(C4CC4)ns3)C2)c1. The molecule has 7 heteroatoms.